The number of hydrogen-bond acceptors (Lipinski definition) is 4. The third-order valence-electron chi connectivity index (χ3n) is 20.5. The second-order valence-electron chi connectivity index (χ2n) is 26.3. The quantitative estimate of drug-likeness (QED) is 0.0661. The van der Waals surface area contributed by atoms with Crippen molar-refractivity contribution in [2.45, 2.75) is 239 Å². The highest BCUT2D eigenvalue weighted by molar-refractivity contribution is 8.63. The normalized spacial score (nSPS) is 13.5. The van der Waals surface area contributed by atoms with Crippen LogP contribution in [0.4, 0.5) is 0 Å². The second-order valence-corrected chi connectivity index (χ2v) is 39.0. The van der Waals surface area contributed by atoms with Crippen molar-refractivity contribution in [1.82, 2.24) is 5.01 Å². The summed E-state index contributed by atoms with van der Waals surface area (Å²) in [4.78, 5) is 0. The van der Waals surface area contributed by atoms with E-state index in [2.05, 4.69) is 225 Å². The summed E-state index contributed by atoms with van der Waals surface area (Å²) in [6.07, 6.45) is 13.2. The molecule has 4 nitrogen and oxygen atoms in total. The largest absolute Gasteiger partial charge is 0.303 e. The molecule has 0 aromatic heterocycles. The molecule has 0 saturated carbocycles. The molecule has 86 heavy (non-hydrogen) atoms. The van der Waals surface area contributed by atoms with E-state index in [4.69, 9.17) is 0 Å². The van der Waals surface area contributed by atoms with E-state index in [1.165, 1.54) is 171 Å². The predicted octanol–water partition coefficient (Wildman–Crippen LogP) is 21.7. The van der Waals surface area contributed by atoms with E-state index >= 15 is 0 Å². The van der Waals surface area contributed by atoms with E-state index in [1.54, 1.807) is 50.1 Å². The van der Waals surface area contributed by atoms with E-state index in [0.29, 0.717) is 10.1 Å². The van der Waals surface area contributed by atoms with Gasteiger partial charge < -0.3 is 5.01 Å². The Morgan fingerprint density at radius 2 is 0.779 bits per heavy atom. The Morgan fingerprint density at radius 3 is 1.13 bits per heavy atom. The topological polar surface area (TPSA) is 40.3 Å². The summed E-state index contributed by atoms with van der Waals surface area (Å²) in [6, 6.07) is 0. The molecule has 3 aliphatic carbocycles. The van der Waals surface area contributed by atoms with Gasteiger partial charge in [-0.2, -0.15) is 15.3 Å². The Labute approximate surface area is 534 Å². The molecule has 5 aromatic rings. The van der Waals surface area contributed by atoms with Crippen LogP contribution in [0, 0.1) is 152 Å². The van der Waals surface area contributed by atoms with Crippen molar-refractivity contribution in [3.8, 4) is 0 Å². The molecule has 468 valence electrons. The first-order valence-corrected chi connectivity index (χ1v) is 38.5. The number of benzene rings is 5. The molecule has 0 aliphatic heterocycles. The van der Waals surface area contributed by atoms with Gasteiger partial charge in [0.2, 0.25) is 0 Å². The Bertz CT molecular complexity index is 3530. The van der Waals surface area contributed by atoms with Gasteiger partial charge in [-0.25, -0.2) is 0 Å². The maximum atomic E-state index is 4.53. The fourth-order valence-electron chi connectivity index (χ4n) is 13.3. The summed E-state index contributed by atoms with van der Waals surface area (Å²) in [6.45, 7) is 65.8. The molecular formula is C78H116N4P3S+. The third-order valence-corrected chi connectivity index (χ3v) is 31.0. The van der Waals surface area contributed by atoms with Gasteiger partial charge in [0, 0.05) is 42.9 Å². The molecule has 3 unspecified atom stereocenters. The molecule has 0 amide bonds. The van der Waals surface area contributed by atoms with Gasteiger partial charge in [0.25, 0.3) is 0 Å². The maximum absolute atomic E-state index is 4.53. The zero-order valence-corrected chi connectivity index (χ0v) is 64.3. The van der Waals surface area contributed by atoms with E-state index < -0.39 is 0 Å². The Hall–Kier alpha value is -4.36. The minimum atomic E-state index is 0.0263. The van der Waals surface area contributed by atoms with E-state index in [0.717, 1.165) is 36.4 Å². The standard InChI is InChI=1S/C19H32P3S.C16H24N2.C15H24N2.2C14H18/c1-7-8-16(11-23(6)22(20)21)17-9-18-14(4)12(2)13(3)15(5)19(18)10-17;1-9(2)17-18-15(8)16-13(6)11(4)10(3)12(5)14(16)7;1-9-10(2)12(4)15(13(5)11(9)3)14(6)16-17(7)8;2*1-8-6-13-11(4)9(2)10(3)12(5)14(13)7-8/h7-11,20-21H2,1-6H3;1-8H3;1-8H3;6H,7H2,1-5H3;1,6-7H2,2-5H3/q+1;;;;/b;18-15+;16-14+;;. The van der Waals surface area contributed by atoms with E-state index in [1.807, 2.05) is 39.9 Å². The van der Waals surface area contributed by atoms with Crippen molar-refractivity contribution in [3.63, 3.8) is 0 Å². The lowest BCUT2D eigenvalue weighted by atomic mass is 9.88. The van der Waals surface area contributed by atoms with Gasteiger partial charge in [-0.1, -0.05) is 48.3 Å². The summed E-state index contributed by atoms with van der Waals surface area (Å²) < 4.78 is 0. The SMILES string of the molecule is C/C(=N\N(C)C)c1c(C)c(C)c(C)c(C)c1C.C=C1Cc2c(C)c(C)c(C)c(C)c2C1.CC(C)=N/N=C(\C)c1c(C)c(C)c(C)c(C)c1C.CC1=Cc2c(C)c(C)c(C)c(C)c2C1.CCCC(CS(C)=[P+](P)P)=C1Cc2c(C)c(C)c(C)c(C)c2C1. The van der Waals surface area contributed by atoms with Crippen LogP contribution in [0.25, 0.3) is 6.08 Å². The molecular weight excluding hydrogens is 1120 g/mol. The summed E-state index contributed by atoms with van der Waals surface area (Å²) in [5.41, 5.74) is 53.0. The molecule has 8 heteroatoms. The lowest BCUT2D eigenvalue weighted by Crippen LogP contribution is -2.12. The van der Waals surface area contributed by atoms with Crippen LogP contribution in [0.5, 0.6) is 0 Å². The van der Waals surface area contributed by atoms with Crippen LogP contribution >= 0.6 is 23.9 Å². The predicted molar refractivity (Wildman–Crippen MR) is 401 cm³/mol. The number of nitrogens with zero attached hydrogens (tertiary/aromatic N) is 4. The second kappa shape index (κ2) is 31.4. The van der Waals surface area contributed by atoms with Crippen LogP contribution in [-0.2, 0) is 42.2 Å². The van der Waals surface area contributed by atoms with Crippen LogP contribution < -0.4 is 0 Å². The molecule has 0 bridgehead atoms. The highest BCUT2D eigenvalue weighted by atomic mass is 32.8. The molecule has 0 saturated heterocycles. The molecule has 0 heterocycles. The van der Waals surface area contributed by atoms with Crippen LogP contribution in [0.3, 0.4) is 0 Å². The van der Waals surface area contributed by atoms with Gasteiger partial charge in [-0.05, 0) is 391 Å². The van der Waals surface area contributed by atoms with Crippen molar-refractivity contribution >= 4 is 57.2 Å². The third kappa shape index (κ3) is 16.7. The summed E-state index contributed by atoms with van der Waals surface area (Å²) in [5, 5.41) is 14.9. The average Bonchev–Trinajstić information content (AvgIpc) is 2.05. The zero-order valence-electron chi connectivity index (χ0n) is 60.2. The van der Waals surface area contributed by atoms with Crippen LogP contribution in [-0.4, -0.2) is 48.2 Å². The highest BCUT2D eigenvalue weighted by Crippen LogP contribution is 2.46. The smallest absolute Gasteiger partial charge is 0.145 e. The maximum Gasteiger partial charge on any atom is 0.145 e. The van der Waals surface area contributed by atoms with Gasteiger partial charge in [-0.3, -0.25) is 0 Å². The van der Waals surface area contributed by atoms with Gasteiger partial charge in [0.15, 0.2) is 0 Å². The average molecular weight is 1230 g/mol. The lowest BCUT2D eigenvalue weighted by Gasteiger charge is -2.19. The van der Waals surface area contributed by atoms with Gasteiger partial charge in [-0.15, -0.1) is 0 Å². The number of rotatable bonds is 8. The molecule has 3 atom stereocenters. The number of fused-ring (bicyclic) bond motifs is 3. The Balaban J connectivity index is 0.000000233. The van der Waals surface area contributed by atoms with Crippen molar-refractivity contribution in [2.75, 3.05) is 26.1 Å². The first-order valence-electron chi connectivity index (χ1n) is 31.5. The van der Waals surface area contributed by atoms with Crippen LogP contribution in [0.2, 0.25) is 0 Å². The number of allylic oxidation sites excluding steroid dienone is 3. The molecule has 0 spiro atoms. The van der Waals surface area contributed by atoms with Crippen molar-refractivity contribution in [3.05, 3.63) is 196 Å². The Kier molecular flexibility index (Phi) is 27.1. The molecule has 0 N–H and O–H groups in total. The molecule has 3 aliphatic rings. The van der Waals surface area contributed by atoms with Gasteiger partial charge in [0.1, 0.15) is 6.07 Å². The van der Waals surface area contributed by atoms with E-state index in [-0.39, 0.29) is 6.07 Å². The molecule has 8 rings (SSSR count). The summed E-state index contributed by atoms with van der Waals surface area (Å²) >= 11 is 0. The minimum Gasteiger partial charge on any atom is -0.303 e. The van der Waals surface area contributed by atoms with Gasteiger partial charge in [0.05, 0.1) is 29.3 Å². The minimum absolute atomic E-state index is 0.0263. The number of hydrazone groups is 1. The lowest BCUT2D eigenvalue weighted by molar-refractivity contribution is 0.437. The molecule has 0 radical (unpaired) electrons. The molecule has 0 fully saturated rings. The zero-order chi connectivity index (χ0) is 65.6. The Morgan fingerprint density at radius 1 is 0.453 bits per heavy atom. The molecule has 5 aromatic carbocycles. The monoisotopic (exact) mass is 1230 g/mol. The fraction of sp³-hybridized carbons (Fsp3) is 0.500. The number of hydrogen-bond donors (Lipinski definition) is 0. The van der Waals surface area contributed by atoms with Crippen LogP contribution in [0.15, 0.2) is 44.2 Å². The first-order chi connectivity index (χ1) is 39.8. The van der Waals surface area contributed by atoms with Crippen LogP contribution in [0.1, 0.15) is 221 Å². The van der Waals surface area contributed by atoms with Crippen molar-refractivity contribution in [1.29, 1.82) is 0 Å². The summed E-state index contributed by atoms with van der Waals surface area (Å²) in [7, 11) is 10.5. The highest BCUT2D eigenvalue weighted by Gasteiger charge is 2.26. The van der Waals surface area contributed by atoms with Gasteiger partial charge >= 0.3 is 0 Å². The van der Waals surface area contributed by atoms with E-state index in [9.17, 15) is 0 Å². The fourth-order valence-corrected chi connectivity index (χ4v) is 16.5. The van der Waals surface area contributed by atoms with Crippen molar-refractivity contribution in [2.24, 2.45) is 15.3 Å². The van der Waals surface area contributed by atoms with Crippen molar-refractivity contribution < 1.29 is 0 Å². The summed E-state index contributed by atoms with van der Waals surface area (Å²) in [5.74, 6) is 1.31. The first kappa shape index (κ1) is 74.1.